The van der Waals surface area contributed by atoms with Crippen LogP contribution in [-0.2, 0) is 6.18 Å². The molecule has 0 fully saturated rings. The molecule has 0 atom stereocenters. The van der Waals surface area contributed by atoms with E-state index in [0.29, 0.717) is 5.75 Å². The minimum absolute atomic E-state index is 0.130. The summed E-state index contributed by atoms with van der Waals surface area (Å²) < 4.78 is 43.4. The van der Waals surface area contributed by atoms with Crippen LogP contribution in [0.2, 0.25) is 0 Å². The number of alkyl halides is 3. The van der Waals surface area contributed by atoms with Gasteiger partial charge in [-0.15, -0.1) is 0 Å². The van der Waals surface area contributed by atoms with E-state index in [9.17, 15) is 18.3 Å². The maximum Gasteiger partial charge on any atom is 0.433 e. The van der Waals surface area contributed by atoms with Crippen molar-refractivity contribution in [1.29, 1.82) is 0 Å². The maximum atomic E-state index is 12.6. The first-order valence-corrected chi connectivity index (χ1v) is 6.17. The molecule has 0 aliphatic rings. The fourth-order valence-electron chi connectivity index (χ4n) is 1.71. The van der Waals surface area contributed by atoms with Gasteiger partial charge in [-0.25, -0.2) is 9.97 Å². The van der Waals surface area contributed by atoms with Gasteiger partial charge in [-0.1, -0.05) is 0 Å². The highest BCUT2D eigenvalue weighted by molar-refractivity contribution is 5.60. The van der Waals surface area contributed by atoms with E-state index in [1.54, 1.807) is 13.8 Å². The van der Waals surface area contributed by atoms with E-state index in [-0.39, 0.29) is 23.2 Å². The van der Waals surface area contributed by atoms with Crippen LogP contribution in [0.25, 0.3) is 11.4 Å². The number of phenolic OH excluding ortho intramolecular Hbond substituents is 1. The summed E-state index contributed by atoms with van der Waals surface area (Å²) in [5.74, 6) is 0.0690. The van der Waals surface area contributed by atoms with Crippen LogP contribution in [0.1, 0.15) is 19.5 Å². The molecule has 0 aliphatic carbocycles. The Balaban J connectivity index is 2.44. The van der Waals surface area contributed by atoms with Crippen LogP contribution in [0, 0.1) is 0 Å². The minimum Gasteiger partial charge on any atom is -0.508 e. The molecule has 1 N–H and O–H groups in total. The second kappa shape index (κ2) is 5.59. The Hall–Kier alpha value is -2.31. The van der Waals surface area contributed by atoms with E-state index in [2.05, 4.69) is 9.97 Å². The summed E-state index contributed by atoms with van der Waals surface area (Å²) in [4.78, 5) is 7.28. The second-order valence-electron chi connectivity index (χ2n) is 4.65. The molecule has 7 heteroatoms. The van der Waals surface area contributed by atoms with E-state index < -0.39 is 11.9 Å². The lowest BCUT2D eigenvalue weighted by molar-refractivity contribution is -0.141. The zero-order valence-electron chi connectivity index (χ0n) is 11.3. The third-order valence-electron chi connectivity index (χ3n) is 2.47. The van der Waals surface area contributed by atoms with Crippen LogP contribution >= 0.6 is 0 Å². The molecule has 1 aromatic carbocycles. The fraction of sp³-hybridized carbons (Fsp3) is 0.286. The van der Waals surface area contributed by atoms with Crippen molar-refractivity contribution in [3.63, 3.8) is 0 Å². The van der Waals surface area contributed by atoms with Crippen molar-refractivity contribution in [3.05, 3.63) is 36.2 Å². The van der Waals surface area contributed by atoms with Crippen molar-refractivity contribution in [2.45, 2.75) is 26.1 Å². The Morgan fingerprint density at radius 1 is 1.19 bits per heavy atom. The molecular weight excluding hydrogens is 285 g/mol. The number of hydrogen-bond donors (Lipinski definition) is 1. The number of halogens is 3. The molecular formula is C14H13F3N2O2. The van der Waals surface area contributed by atoms with Crippen LogP contribution in [0.3, 0.4) is 0 Å². The van der Waals surface area contributed by atoms with E-state index in [0.717, 1.165) is 12.3 Å². The number of benzene rings is 1. The Morgan fingerprint density at radius 2 is 1.90 bits per heavy atom. The first-order chi connectivity index (χ1) is 9.75. The van der Waals surface area contributed by atoms with Crippen molar-refractivity contribution < 1.29 is 23.0 Å². The molecule has 0 unspecified atom stereocenters. The summed E-state index contributed by atoms with van der Waals surface area (Å²) in [6.07, 6.45) is -3.66. The van der Waals surface area contributed by atoms with E-state index >= 15 is 0 Å². The Bertz CT molecular complexity index is 642. The SMILES string of the molecule is CC(C)Oc1cc(O)cc(-c2nccc(C(F)(F)F)n2)c1. The average molecular weight is 298 g/mol. The van der Waals surface area contributed by atoms with Gasteiger partial charge in [-0.3, -0.25) is 0 Å². The maximum absolute atomic E-state index is 12.6. The molecule has 0 saturated carbocycles. The van der Waals surface area contributed by atoms with Gasteiger partial charge < -0.3 is 9.84 Å². The third kappa shape index (κ3) is 3.84. The third-order valence-corrected chi connectivity index (χ3v) is 2.47. The van der Waals surface area contributed by atoms with Gasteiger partial charge in [-0.05, 0) is 32.0 Å². The molecule has 1 heterocycles. The van der Waals surface area contributed by atoms with Crippen molar-refractivity contribution >= 4 is 0 Å². The summed E-state index contributed by atoms with van der Waals surface area (Å²) in [7, 11) is 0. The molecule has 1 aromatic heterocycles. The summed E-state index contributed by atoms with van der Waals surface area (Å²) in [6.45, 7) is 3.59. The molecule has 2 rings (SSSR count). The van der Waals surface area contributed by atoms with Crippen LogP contribution in [-0.4, -0.2) is 21.2 Å². The molecule has 112 valence electrons. The normalized spacial score (nSPS) is 11.7. The number of hydrogen-bond acceptors (Lipinski definition) is 4. The van der Waals surface area contributed by atoms with Gasteiger partial charge in [0.1, 0.15) is 17.2 Å². The highest BCUT2D eigenvalue weighted by Gasteiger charge is 2.32. The topological polar surface area (TPSA) is 55.2 Å². The Morgan fingerprint density at radius 3 is 2.52 bits per heavy atom. The first-order valence-electron chi connectivity index (χ1n) is 6.17. The number of ether oxygens (including phenoxy) is 1. The van der Waals surface area contributed by atoms with Gasteiger partial charge in [0, 0.05) is 17.8 Å². The summed E-state index contributed by atoms with van der Waals surface area (Å²) in [6, 6.07) is 4.92. The molecule has 0 saturated heterocycles. The van der Waals surface area contributed by atoms with Crippen LogP contribution in [0.5, 0.6) is 11.5 Å². The second-order valence-corrected chi connectivity index (χ2v) is 4.65. The number of aromatic hydroxyl groups is 1. The van der Waals surface area contributed by atoms with Crippen LogP contribution in [0.4, 0.5) is 13.2 Å². The molecule has 0 aliphatic heterocycles. The standard InChI is InChI=1S/C14H13F3N2O2/c1-8(2)21-11-6-9(5-10(20)7-11)13-18-4-3-12(19-13)14(15,16)17/h3-8,20H,1-2H3. The largest absolute Gasteiger partial charge is 0.508 e. The van der Waals surface area contributed by atoms with Crippen molar-refractivity contribution in [1.82, 2.24) is 9.97 Å². The predicted octanol–water partition coefficient (Wildman–Crippen LogP) is 3.66. The van der Waals surface area contributed by atoms with E-state index in [1.165, 1.54) is 18.2 Å². The van der Waals surface area contributed by atoms with Crippen LogP contribution in [0.15, 0.2) is 30.5 Å². The van der Waals surface area contributed by atoms with E-state index in [4.69, 9.17) is 4.74 Å². The van der Waals surface area contributed by atoms with Crippen LogP contribution < -0.4 is 4.74 Å². The first kappa shape index (κ1) is 15.1. The van der Waals surface area contributed by atoms with Crippen molar-refractivity contribution in [2.24, 2.45) is 0 Å². The van der Waals surface area contributed by atoms with Crippen molar-refractivity contribution in [2.75, 3.05) is 0 Å². The van der Waals surface area contributed by atoms with Gasteiger partial charge in [0.15, 0.2) is 5.82 Å². The minimum atomic E-state index is -4.55. The van der Waals surface area contributed by atoms with Gasteiger partial charge >= 0.3 is 6.18 Å². The molecule has 21 heavy (non-hydrogen) atoms. The monoisotopic (exact) mass is 298 g/mol. The Labute approximate surface area is 119 Å². The fourth-order valence-corrected chi connectivity index (χ4v) is 1.71. The highest BCUT2D eigenvalue weighted by Crippen LogP contribution is 2.31. The van der Waals surface area contributed by atoms with Gasteiger partial charge in [0.05, 0.1) is 6.10 Å². The summed E-state index contributed by atoms with van der Waals surface area (Å²) >= 11 is 0. The number of rotatable bonds is 3. The molecule has 4 nitrogen and oxygen atoms in total. The van der Waals surface area contributed by atoms with E-state index in [1.807, 2.05) is 0 Å². The number of aromatic nitrogens is 2. The Kier molecular flexibility index (Phi) is 4.02. The zero-order valence-corrected chi connectivity index (χ0v) is 11.3. The summed E-state index contributed by atoms with van der Waals surface area (Å²) in [5.41, 5.74) is -0.793. The van der Waals surface area contributed by atoms with Crippen molar-refractivity contribution in [3.8, 4) is 22.9 Å². The lowest BCUT2D eigenvalue weighted by Crippen LogP contribution is -2.09. The summed E-state index contributed by atoms with van der Waals surface area (Å²) in [5, 5.41) is 9.64. The smallest absolute Gasteiger partial charge is 0.433 e. The van der Waals surface area contributed by atoms with Gasteiger partial charge in [0.2, 0.25) is 0 Å². The van der Waals surface area contributed by atoms with Gasteiger partial charge in [0.25, 0.3) is 0 Å². The molecule has 0 radical (unpaired) electrons. The lowest BCUT2D eigenvalue weighted by atomic mass is 10.2. The predicted molar refractivity (Wildman–Crippen MR) is 69.9 cm³/mol. The molecule has 0 amide bonds. The average Bonchev–Trinajstić information content (AvgIpc) is 2.36. The number of nitrogens with zero attached hydrogens (tertiary/aromatic N) is 2. The number of phenols is 1. The molecule has 0 spiro atoms. The molecule has 2 aromatic rings. The van der Waals surface area contributed by atoms with Gasteiger partial charge in [-0.2, -0.15) is 13.2 Å². The zero-order chi connectivity index (χ0) is 15.6. The quantitative estimate of drug-likeness (QED) is 0.939. The molecule has 0 bridgehead atoms. The highest BCUT2D eigenvalue weighted by atomic mass is 19.4. The lowest BCUT2D eigenvalue weighted by Gasteiger charge is -2.12.